The van der Waals surface area contributed by atoms with Gasteiger partial charge in [-0.25, -0.2) is 14.4 Å². The fraction of sp³-hybridized carbons (Fsp3) is 0.481. The average Bonchev–Trinajstić information content (AvgIpc) is 3.35. The van der Waals surface area contributed by atoms with Crippen molar-refractivity contribution in [2.24, 2.45) is 16.7 Å². The zero-order valence-corrected chi connectivity index (χ0v) is 40.3. The van der Waals surface area contributed by atoms with Gasteiger partial charge in [0, 0.05) is 37.7 Å². The third-order valence-electron chi connectivity index (χ3n) is 14.9. The molecule has 1 heterocycles. The molecule has 4 aliphatic rings. The molecule has 14 atom stereocenters. The van der Waals surface area contributed by atoms with E-state index >= 15 is 4.79 Å². The fourth-order valence-corrected chi connectivity index (χ4v) is 11.0. The van der Waals surface area contributed by atoms with Crippen LogP contribution in [0, 0.1) is 16.7 Å². The second-order valence-electron chi connectivity index (χ2n) is 19.4. The van der Waals surface area contributed by atoms with E-state index in [0.717, 1.165) is 13.8 Å². The summed E-state index contributed by atoms with van der Waals surface area (Å²) in [5.74, 6) is -9.52. The Hall–Kier alpha value is -6.39. The summed E-state index contributed by atoms with van der Waals surface area (Å²) in [6.07, 6.45) is -19.1. The van der Waals surface area contributed by atoms with Gasteiger partial charge in [0.05, 0.1) is 36.2 Å². The van der Waals surface area contributed by atoms with Gasteiger partial charge in [-0.3, -0.25) is 19.2 Å². The number of ether oxygens (including phenoxy) is 6. The summed E-state index contributed by atoms with van der Waals surface area (Å²) >= 11 is 0. The molecule has 72 heavy (non-hydrogen) atoms. The molecule has 3 aromatic rings. The monoisotopic (exact) mass is 1000 g/mol. The molecule has 2 bridgehead atoms. The van der Waals surface area contributed by atoms with Gasteiger partial charge in [0.1, 0.15) is 42.2 Å². The number of aliphatic hydroxyl groups excluding tert-OH is 5. The quantitative estimate of drug-likeness (QED) is 0.0642. The van der Waals surface area contributed by atoms with E-state index in [4.69, 9.17) is 28.4 Å². The van der Waals surface area contributed by atoms with Crippen molar-refractivity contribution in [1.82, 2.24) is 5.32 Å². The van der Waals surface area contributed by atoms with Crippen molar-refractivity contribution in [2.75, 3.05) is 13.2 Å². The number of hydrogen-bond acceptors (Lipinski definition) is 19. The third kappa shape index (κ3) is 9.43. The maximum Gasteiger partial charge on any atom is 0.338 e. The van der Waals surface area contributed by atoms with E-state index in [2.05, 4.69) is 5.32 Å². The number of ketones is 1. The van der Waals surface area contributed by atoms with Gasteiger partial charge in [-0.1, -0.05) is 80.6 Å². The van der Waals surface area contributed by atoms with Crippen LogP contribution in [0.25, 0.3) is 0 Å². The van der Waals surface area contributed by atoms with Crippen molar-refractivity contribution in [3.8, 4) is 0 Å². The summed E-state index contributed by atoms with van der Waals surface area (Å²) < 4.78 is 36.4. The number of nitrogens with one attached hydrogen (secondary N) is 1. The van der Waals surface area contributed by atoms with Crippen LogP contribution in [0.15, 0.2) is 102 Å². The van der Waals surface area contributed by atoms with Crippen LogP contribution in [-0.4, -0.2) is 152 Å². The zero-order chi connectivity index (χ0) is 52.7. The zero-order valence-electron chi connectivity index (χ0n) is 40.3. The van der Waals surface area contributed by atoms with Gasteiger partial charge < -0.3 is 64.4 Å². The number of carbonyl (C=O) groups is 7. The van der Waals surface area contributed by atoms with E-state index in [1.54, 1.807) is 54.6 Å². The second kappa shape index (κ2) is 20.6. The number of aliphatic hydroxyl groups is 6. The minimum atomic E-state index is -2.60. The van der Waals surface area contributed by atoms with E-state index in [-0.39, 0.29) is 22.3 Å². The summed E-state index contributed by atoms with van der Waals surface area (Å²) in [5.41, 5.74) is -8.55. The molecular weight excluding hydrogens is 943 g/mol. The van der Waals surface area contributed by atoms with Crippen LogP contribution in [0.2, 0.25) is 0 Å². The molecule has 2 saturated carbocycles. The fourth-order valence-electron chi connectivity index (χ4n) is 11.0. The second-order valence-corrected chi connectivity index (χ2v) is 19.4. The topological polar surface area (TPSA) is 308 Å². The van der Waals surface area contributed by atoms with Gasteiger partial charge in [-0.15, -0.1) is 0 Å². The molecule has 1 saturated heterocycles. The highest BCUT2D eigenvalue weighted by molar-refractivity contribution is 5.96. The predicted molar refractivity (Wildman–Crippen MR) is 247 cm³/mol. The molecule has 7 rings (SSSR count). The van der Waals surface area contributed by atoms with Crippen molar-refractivity contribution in [1.29, 1.82) is 0 Å². The number of carbonyl (C=O) groups excluding carboxylic acids is 7. The van der Waals surface area contributed by atoms with Crippen LogP contribution < -0.4 is 5.32 Å². The first-order valence-corrected chi connectivity index (χ1v) is 23.3. The van der Waals surface area contributed by atoms with Crippen LogP contribution in [0.1, 0.15) is 86.7 Å². The van der Waals surface area contributed by atoms with Crippen LogP contribution in [-0.2, 0) is 52.4 Å². The molecule has 0 spiro atoms. The van der Waals surface area contributed by atoms with Gasteiger partial charge >= 0.3 is 29.8 Å². The van der Waals surface area contributed by atoms with Crippen molar-refractivity contribution >= 4 is 41.5 Å². The van der Waals surface area contributed by atoms with E-state index in [0.29, 0.717) is 5.56 Å². The van der Waals surface area contributed by atoms with Crippen LogP contribution >= 0.6 is 0 Å². The van der Waals surface area contributed by atoms with Crippen LogP contribution in [0.3, 0.4) is 0 Å². The molecule has 0 unspecified atom stereocenters. The lowest BCUT2D eigenvalue weighted by Crippen LogP contribution is -2.82. The Bertz CT molecular complexity index is 2590. The number of fused-ring (bicyclic) bond motifs is 5. The van der Waals surface area contributed by atoms with Crippen molar-refractivity contribution < 1.29 is 92.6 Å². The lowest BCUT2D eigenvalue weighted by molar-refractivity contribution is -0.347. The van der Waals surface area contributed by atoms with Crippen molar-refractivity contribution in [2.45, 2.75) is 127 Å². The van der Waals surface area contributed by atoms with Gasteiger partial charge in [-0.2, -0.15) is 0 Å². The van der Waals surface area contributed by atoms with Crippen molar-refractivity contribution in [3.05, 3.63) is 119 Å². The largest absolute Gasteiger partial charge is 0.459 e. The number of rotatable bonds is 15. The number of benzene rings is 3. The smallest absolute Gasteiger partial charge is 0.338 e. The first-order chi connectivity index (χ1) is 33.9. The average molecular weight is 1000 g/mol. The molecule has 7 N–H and O–H groups in total. The Balaban J connectivity index is 1.43. The van der Waals surface area contributed by atoms with Gasteiger partial charge in [0.15, 0.2) is 29.7 Å². The summed E-state index contributed by atoms with van der Waals surface area (Å²) in [4.78, 5) is 99.1. The molecule has 1 amide bonds. The van der Waals surface area contributed by atoms with Gasteiger partial charge in [0.25, 0.3) is 5.91 Å². The van der Waals surface area contributed by atoms with E-state index in [9.17, 15) is 59.4 Å². The number of amides is 1. The summed E-state index contributed by atoms with van der Waals surface area (Å²) in [5, 5.41) is 69.6. The Kier molecular flexibility index (Phi) is 15.3. The highest BCUT2D eigenvalue weighted by Gasteiger charge is 2.79. The highest BCUT2D eigenvalue weighted by atomic mass is 16.6. The molecule has 1 aliphatic heterocycles. The first-order valence-electron chi connectivity index (χ1n) is 23.3. The summed E-state index contributed by atoms with van der Waals surface area (Å²) in [7, 11) is 0. The summed E-state index contributed by atoms with van der Waals surface area (Å²) in [6, 6.07) is 22.1. The molecule has 386 valence electrons. The van der Waals surface area contributed by atoms with Gasteiger partial charge in [-0.05, 0) is 54.8 Å². The molecule has 3 aromatic carbocycles. The maximum absolute atomic E-state index is 16.1. The maximum atomic E-state index is 16.1. The molecule has 3 aliphatic carbocycles. The SMILES string of the molecule is CC(=O)O[C@H]1C(=O)[C@]2(C)[C@@H](OC(=O)[C@H](O)[C@@H](O)[C@H](O)CO)C[C@H]3OC[C@@]3(OC(C)=O)[C@H]2[C@H](OC(=O)c2ccccc2)[C@]2(O)C[C@H](OC(=O)[C@H](O)[C@@H](NC(=O)c3ccccc3)c3ccccc3)C(C)=C1C2(C)C. The third-order valence-corrected chi connectivity index (χ3v) is 14.9. The molecule has 20 nitrogen and oxygen atoms in total. The Morgan fingerprint density at radius 3 is 1.88 bits per heavy atom. The molecule has 20 heteroatoms. The van der Waals surface area contributed by atoms with E-state index in [1.807, 2.05) is 0 Å². The minimum Gasteiger partial charge on any atom is -0.459 e. The number of esters is 5. The Morgan fingerprint density at radius 1 is 0.764 bits per heavy atom. The Morgan fingerprint density at radius 2 is 1.33 bits per heavy atom. The number of hydrogen-bond donors (Lipinski definition) is 7. The van der Waals surface area contributed by atoms with Crippen LogP contribution in [0.5, 0.6) is 0 Å². The predicted octanol–water partition coefficient (Wildman–Crippen LogP) is 1.36. The molecule has 3 fully saturated rings. The lowest BCUT2D eigenvalue weighted by Gasteiger charge is -2.67. The molecule has 0 radical (unpaired) electrons. The minimum absolute atomic E-state index is 0.0324. The van der Waals surface area contributed by atoms with Crippen molar-refractivity contribution in [3.63, 3.8) is 0 Å². The normalized spacial score (nSPS) is 30.4. The molecule has 0 aromatic heterocycles. The first kappa shape index (κ1) is 53.4. The lowest BCUT2D eigenvalue weighted by atomic mass is 9.44. The Labute approximate surface area is 413 Å². The standard InChI is InChI=1S/C52H59NO19/c1-26-33(69-47(64)39(59)37(29-16-10-7-11-17-29)53-45(62)30-18-12-8-13-19-30)23-52(66)44(71-46(63)31-20-14-9-15-21-31)42-50(6,43(61)41(68-27(2)55)36(26)49(52,4)5)34(22-35-51(42,25-67-35)72-28(3)56)70-48(65)40(60)38(58)32(57)24-54/h7-21,32-35,37-42,44,54,57-60,66H,22-25H2,1-6H3,(H,53,62)/t32-,33+,34+,35-,37+,38+,39-,40-,41-,42+,44+,50-,51+,52-/m1/s1. The van der Waals surface area contributed by atoms with E-state index < -0.39 is 157 Å². The van der Waals surface area contributed by atoms with Crippen LogP contribution in [0.4, 0.5) is 0 Å². The number of Topliss-reactive ketones (excluding diaryl/α,β-unsaturated/α-hetero) is 1. The van der Waals surface area contributed by atoms with E-state index in [1.165, 1.54) is 64.1 Å². The van der Waals surface area contributed by atoms with Gasteiger partial charge in [0.2, 0.25) is 0 Å². The molecular formula is C52H59NO19. The highest BCUT2D eigenvalue weighted by Crippen LogP contribution is 2.65. The summed E-state index contributed by atoms with van der Waals surface area (Å²) in [6.45, 7) is 6.10.